The van der Waals surface area contributed by atoms with Gasteiger partial charge in [0.15, 0.2) is 0 Å². The van der Waals surface area contributed by atoms with Gasteiger partial charge >= 0.3 is 5.97 Å². The first-order valence-electron chi connectivity index (χ1n) is 7.52. The Balaban J connectivity index is 1.81. The van der Waals surface area contributed by atoms with Crippen LogP contribution in [-0.2, 0) is 0 Å². The van der Waals surface area contributed by atoms with Crippen LogP contribution in [0.15, 0.2) is 48.5 Å². The van der Waals surface area contributed by atoms with Crippen molar-refractivity contribution in [2.75, 3.05) is 0 Å². The number of rotatable bonds is 3. The summed E-state index contributed by atoms with van der Waals surface area (Å²) in [5.41, 5.74) is 4.15. The lowest BCUT2D eigenvalue weighted by molar-refractivity contribution is 0.0726. The number of carbonyl (C=O) groups is 1. The van der Waals surface area contributed by atoms with Crippen LogP contribution in [0.1, 0.15) is 21.5 Å². The topological polar surface area (TPSA) is 52.1 Å². The van der Waals surface area contributed by atoms with E-state index in [0.717, 1.165) is 16.7 Å². The van der Waals surface area contributed by atoms with Gasteiger partial charge in [-0.3, -0.25) is 0 Å². The number of esters is 1. The second-order valence-corrected chi connectivity index (χ2v) is 6.43. The van der Waals surface area contributed by atoms with Crippen LogP contribution in [0.25, 0.3) is 11.3 Å². The van der Waals surface area contributed by atoms with E-state index >= 15 is 0 Å². The van der Waals surface area contributed by atoms with Crippen LogP contribution in [0.5, 0.6) is 5.88 Å². The van der Waals surface area contributed by atoms with Crippen LogP contribution in [0, 0.1) is 13.8 Å². The summed E-state index contributed by atoms with van der Waals surface area (Å²) < 4.78 is 5.23. The van der Waals surface area contributed by atoms with Gasteiger partial charge in [-0.25, -0.2) is 4.79 Å². The normalized spacial score (nSPS) is 10.6. The molecule has 0 saturated heterocycles. The van der Waals surface area contributed by atoms with Crippen molar-refractivity contribution in [3.05, 3.63) is 75.3 Å². The Labute approximate surface area is 155 Å². The predicted molar refractivity (Wildman–Crippen MR) is 98.4 cm³/mol. The molecule has 6 heteroatoms. The van der Waals surface area contributed by atoms with Crippen molar-refractivity contribution in [2.45, 2.75) is 13.8 Å². The number of ether oxygens (including phenoxy) is 1. The molecule has 0 atom stereocenters. The fraction of sp³-hybridized carbons (Fsp3) is 0.105. The standard InChI is InChI=1S/C19H14Cl2N2O2/c1-11-3-4-12(2)15(9-11)17-7-8-18(23-22-17)25-19(24)14-6-5-13(20)10-16(14)21/h3-10H,1-2H3. The molecule has 0 amide bonds. The van der Waals surface area contributed by atoms with E-state index in [1.165, 1.54) is 12.1 Å². The van der Waals surface area contributed by atoms with Gasteiger partial charge in [0.25, 0.3) is 0 Å². The molecule has 0 unspecified atom stereocenters. The number of aromatic nitrogens is 2. The molecule has 0 saturated carbocycles. The van der Waals surface area contributed by atoms with Crippen molar-refractivity contribution in [1.82, 2.24) is 10.2 Å². The molecule has 25 heavy (non-hydrogen) atoms. The molecular weight excluding hydrogens is 359 g/mol. The summed E-state index contributed by atoms with van der Waals surface area (Å²) in [5.74, 6) is -0.513. The fourth-order valence-corrected chi connectivity index (χ4v) is 2.82. The second-order valence-electron chi connectivity index (χ2n) is 5.59. The van der Waals surface area contributed by atoms with Crippen molar-refractivity contribution in [1.29, 1.82) is 0 Å². The monoisotopic (exact) mass is 372 g/mol. The Morgan fingerprint density at radius 1 is 0.960 bits per heavy atom. The van der Waals surface area contributed by atoms with Gasteiger partial charge in [-0.1, -0.05) is 40.9 Å². The molecule has 0 bridgehead atoms. The highest BCUT2D eigenvalue weighted by Crippen LogP contribution is 2.24. The number of benzene rings is 2. The van der Waals surface area contributed by atoms with Crippen molar-refractivity contribution in [3.63, 3.8) is 0 Å². The van der Waals surface area contributed by atoms with Crippen LogP contribution >= 0.6 is 23.2 Å². The maximum absolute atomic E-state index is 12.2. The number of nitrogens with zero attached hydrogens (tertiary/aromatic N) is 2. The minimum atomic E-state index is -0.615. The lowest BCUT2D eigenvalue weighted by atomic mass is 10.0. The zero-order valence-corrected chi connectivity index (χ0v) is 15.1. The van der Waals surface area contributed by atoms with Gasteiger partial charge in [0.05, 0.1) is 16.3 Å². The first-order valence-corrected chi connectivity index (χ1v) is 8.28. The Morgan fingerprint density at radius 2 is 1.76 bits per heavy atom. The molecule has 3 rings (SSSR count). The van der Waals surface area contributed by atoms with Gasteiger partial charge in [0.2, 0.25) is 5.88 Å². The maximum Gasteiger partial charge on any atom is 0.346 e. The largest absolute Gasteiger partial charge is 0.402 e. The Hall–Kier alpha value is -2.43. The number of halogens is 2. The van der Waals surface area contributed by atoms with Crippen LogP contribution < -0.4 is 4.74 Å². The molecule has 0 fully saturated rings. The average molecular weight is 373 g/mol. The highest BCUT2D eigenvalue weighted by atomic mass is 35.5. The molecular formula is C19H14Cl2N2O2. The van der Waals surface area contributed by atoms with E-state index in [2.05, 4.69) is 10.2 Å². The summed E-state index contributed by atoms with van der Waals surface area (Å²) in [6.07, 6.45) is 0. The summed E-state index contributed by atoms with van der Waals surface area (Å²) >= 11 is 11.8. The lowest BCUT2D eigenvalue weighted by Gasteiger charge is -2.08. The number of aryl methyl sites for hydroxylation is 2. The van der Waals surface area contributed by atoms with Gasteiger partial charge in [-0.05, 0) is 49.7 Å². The summed E-state index contributed by atoms with van der Waals surface area (Å²) in [6, 6.07) is 14.0. The van der Waals surface area contributed by atoms with Crippen LogP contribution in [0.2, 0.25) is 10.0 Å². The minimum Gasteiger partial charge on any atom is -0.402 e. The summed E-state index contributed by atoms with van der Waals surface area (Å²) in [5, 5.41) is 8.79. The molecule has 0 aliphatic carbocycles. The summed E-state index contributed by atoms with van der Waals surface area (Å²) in [4.78, 5) is 12.2. The molecule has 0 aliphatic heterocycles. The van der Waals surface area contributed by atoms with Crippen LogP contribution in [0.4, 0.5) is 0 Å². The van der Waals surface area contributed by atoms with E-state index in [1.54, 1.807) is 18.2 Å². The summed E-state index contributed by atoms with van der Waals surface area (Å²) in [7, 11) is 0. The number of carbonyl (C=O) groups excluding carboxylic acids is 1. The fourth-order valence-electron chi connectivity index (χ4n) is 2.33. The first kappa shape index (κ1) is 17.4. The van der Waals surface area contributed by atoms with E-state index in [9.17, 15) is 4.79 Å². The molecule has 2 aromatic carbocycles. The van der Waals surface area contributed by atoms with Gasteiger partial charge in [0, 0.05) is 16.7 Å². The van der Waals surface area contributed by atoms with Crippen LogP contribution in [0.3, 0.4) is 0 Å². The smallest absolute Gasteiger partial charge is 0.346 e. The van der Waals surface area contributed by atoms with E-state index in [-0.39, 0.29) is 16.5 Å². The van der Waals surface area contributed by atoms with E-state index in [1.807, 2.05) is 32.0 Å². The van der Waals surface area contributed by atoms with Gasteiger partial charge in [-0.2, -0.15) is 0 Å². The molecule has 0 spiro atoms. The molecule has 126 valence electrons. The molecule has 1 heterocycles. The summed E-state index contributed by atoms with van der Waals surface area (Å²) in [6.45, 7) is 4.02. The highest BCUT2D eigenvalue weighted by Gasteiger charge is 2.14. The van der Waals surface area contributed by atoms with Crippen molar-refractivity contribution < 1.29 is 9.53 Å². The Kier molecular flexibility index (Phi) is 5.02. The molecule has 0 radical (unpaired) electrons. The van der Waals surface area contributed by atoms with Gasteiger partial charge in [-0.15, -0.1) is 10.2 Å². The average Bonchev–Trinajstić information content (AvgIpc) is 2.57. The molecule has 3 aromatic rings. The Bertz CT molecular complexity index is 941. The minimum absolute atomic E-state index is 0.102. The molecule has 0 aliphatic rings. The zero-order chi connectivity index (χ0) is 18.0. The van der Waals surface area contributed by atoms with Crippen LogP contribution in [-0.4, -0.2) is 16.2 Å². The number of hydrogen-bond acceptors (Lipinski definition) is 4. The molecule has 0 N–H and O–H groups in total. The number of hydrogen-bond donors (Lipinski definition) is 0. The van der Waals surface area contributed by atoms with Gasteiger partial charge < -0.3 is 4.74 Å². The van der Waals surface area contributed by atoms with Gasteiger partial charge in [0.1, 0.15) is 0 Å². The molecule has 4 nitrogen and oxygen atoms in total. The quantitative estimate of drug-likeness (QED) is 0.586. The highest BCUT2D eigenvalue weighted by molar-refractivity contribution is 6.36. The maximum atomic E-state index is 12.2. The first-order chi connectivity index (χ1) is 11.9. The zero-order valence-electron chi connectivity index (χ0n) is 13.6. The van der Waals surface area contributed by atoms with Crippen molar-refractivity contribution >= 4 is 29.2 Å². The van der Waals surface area contributed by atoms with Crippen molar-refractivity contribution in [2.24, 2.45) is 0 Å². The third kappa shape index (κ3) is 3.98. The third-order valence-electron chi connectivity index (χ3n) is 3.66. The third-order valence-corrected chi connectivity index (χ3v) is 4.21. The second kappa shape index (κ2) is 7.21. The molecule has 1 aromatic heterocycles. The predicted octanol–water partition coefficient (Wildman–Crippen LogP) is 5.29. The van der Waals surface area contributed by atoms with E-state index in [4.69, 9.17) is 27.9 Å². The SMILES string of the molecule is Cc1ccc(C)c(-c2ccc(OC(=O)c3ccc(Cl)cc3Cl)nn2)c1. The van der Waals surface area contributed by atoms with E-state index in [0.29, 0.717) is 10.7 Å². The van der Waals surface area contributed by atoms with Crippen molar-refractivity contribution in [3.8, 4) is 17.1 Å². The Morgan fingerprint density at radius 3 is 2.44 bits per heavy atom. The van der Waals surface area contributed by atoms with E-state index < -0.39 is 5.97 Å². The lowest BCUT2D eigenvalue weighted by Crippen LogP contribution is -2.10.